The average molecular weight is 326 g/mol. The number of aromatic nitrogens is 1. The van der Waals surface area contributed by atoms with Crippen LogP contribution in [0.5, 0.6) is 0 Å². The smallest absolute Gasteiger partial charge is 0.315 e. The summed E-state index contributed by atoms with van der Waals surface area (Å²) in [6.07, 6.45) is 8.18. The van der Waals surface area contributed by atoms with Crippen molar-refractivity contribution in [3.8, 4) is 0 Å². The maximum atomic E-state index is 12.1. The highest BCUT2D eigenvalue weighted by atomic mass is 32.2. The fourth-order valence-electron chi connectivity index (χ4n) is 2.87. The van der Waals surface area contributed by atoms with E-state index in [4.69, 9.17) is 0 Å². The zero-order valence-corrected chi connectivity index (χ0v) is 14.2. The third-order valence-electron chi connectivity index (χ3n) is 4.33. The van der Waals surface area contributed by atoms with Crippen LogP contribution in [0.1, 0.15) is 61.7 Å². The van der Waals surface area contributed by atoms with Gasteiger partial charge in [-0.2, -0.15) is 11.8 Å². The number of urea groups is 1. The van der Waals surface area contributed by atoms with Gasteiger partial charge in [-0.05, 0) is 38.9 Å². The van der Waals surface area contributed by atoms with Gasteiger partial charge in [0.1, 0.15) is 0 Å². The van der Waals surface area contributed by atoms with Crippen LogP contribution in [-0.4, -0.2) is 28.6 Å². The highest BCUT2D eigenvalue weighted by molar-refractivity contribution is 7.99. The maximum absolute atomic E-state index is 12.1. The molecule has 2 aliphatic rings. The summed E-state index contributed by atoms with van der Waals surface area (Å²) in [7, 11) is 0. The molecule has 2 fully saturated rings. The highest BCUT2D eigenvalue weighted by Crippen LogP contribution is 2.41. The van der Waals surface area contributed by atoms with Crippen LogP contribution >= 0.6 is 23.1 Å². The number of amides is 2. The minimum absolute atomic E-state index is 0.0251. The van der Waals surface area contributed by atoms with Gasteiger partial charge in [0.05, 0.1) is 16.7 Å². The van der Waals surface area contributed by atoms with Crippen molar-refractivity contribution >= 4 is 29.1 Å². The third-order valence-corrected chi connectivity index (χ3v) is 6.52. The monoisotopic (exact) mass is 325 g/mol. The van der Waals surface area contributed by atoms with E-state index in [9.17, 15) is 4.79 Å². The molecule has 21 heavy (non-hydrogen) atoms. The number of rotatable bonds is 5. The molecule has 0 aliphatic heterocycles. The van der Waals surface area contributed by atoms with E-state index in [0.717, 1.165) is 12.1 Å². The lowest BCUT2D eigenvalue weighted by Crippen LogP contribution is -2.45. The minimum Gasteiger partial charge on any atom is -0.334 e. The van der Waals surface area contributed by atoms with Gasteiger partial charge in [-0.25, -0.2) is 9.78 Å². The normalized spacial score (nSPS) is 26.6. The summed E-state index contributed by atoms with van der Waals surface area (Å²) in [6, 6.07) is 0.224. The van der Waals surface area contributed by atoms with Crippen LogP contribution in [0.15, 0.2) is 5.38 Å². The molecule has 2 aliphatic carbocycles. The Morgan fingerprint density at radius 2 is 2.24 bits per heavy atom. The number of carbonyl (C=O) groups excluding carboxylic acids is 1. The van der Waals surface area contributed by atoms with Gasteiger partial charge in [-0.1, -0.05) is 6.42 Å². The Morgan fingerprint density at radius 3 is 2.95 bits per heavy atom. The first-order valence-corrected chi connectivity index (χ1v) is 9.89. The number of hydrogen-bond acceptors (Lipinski definition) is 4. The van der Waals surface area contributed by atoms with E-state index in [1.807, 2.05) is 18.7 Å². The molecule has 0 aromatic carbocycles. The van der Waals surface area contributed by atoms with Crippen LogP contribution in [0.25, 0.3) is 0 Å². The molecule has 4 nitrogen and oxygen atoms in total. The van der Waals surface area contributed by atoms with Crippen LogP contribution in [0.4, 0.5) is 4.79 Å². The van der Waals surface area contributed by atoms with Crippen molar-refractivity contribution in [1.82, 2.24) is 15.6 Å². The molecule has 0 spiro atoms. The van der Waals surface area contributed by atoms with Gasteiger partial charge in [0.15, 0.2) is 0 Å². The van der Waals surface area contributed by atoms with E-state index < -0.39 is 0 Å². The van der Waals surface area contributed by atoms with Crippen molar-refractivity contribution in [2.24, 2.45) is 0 Å². The molecule has 0 radical (unpaired) electrons. The summed E-state index contributed by atoms with van der Waals surface area (Å²) in [6.45, 7) is 2.01. The second-order valence-corrected chi connectivity index (χ2v) is 8.00. The van der Waals surface area contributed by atoms with E-state index >= 15 is 0 Å². The first kappa shape index (κ1) is 15.2. The zero-order valence-electron chi connectivity index (χ0n) is 12.6. The van der Waals surface area contributed by atoms with Crippen LogP contribution in [0.3, 0.4) is 0 Å². The van der Waals surface area contributed by atoms with Crippen molar-refractivity contribution in [2.75, 3.05) is 6.26 Å². The van der Waals surface area contributed by atoms with Gasteiger partial charge in [-0.3, -0.25) is 0 Å². The van der Waals surface area contributed by atoms with Gasteiger partial charge in [-0.15, -0.1) is 11.3 Å². The second kappa shape index (κ2) is 6.57. The largest absolute Gasteiger partial charge is 0.334 e. The third kappa shape index (κ3) is 3.72. The van der Waals surface area contributed by atoms with E-state index in [1.165, 1.54) is 30.7 Å². The molecule has 0 bridgehead atoms. The van der Waals surface area contributed by atoms with E-state index in [0.29, 0.717) is 17.2 Å². The van der Waals surface area contributed by atoms with Crippen LogP contribution in [-0.2, 0) is 0 Å². The number of hydrogen-bond donors (Lipinski definition) is 2. The first-order chi connectivity index (χ1) is 10.2. The molecule has 0 saturated heterocycles. The molecular formula is C15H23N3OS2. The van der Waals surface area contributed by atoms with Gasteiger partial charge >= 0.3 is 6.03 Å². The summed E-state index contributed by atoms with van der Waals surface area (Å²) in [5.74, 6) is 0.686. The molecule has 1 aromatic heterocycles. The molecular weight excluding hydrogens is 302 g/mol. The lowest BCUT2D eigenvalue weighted by molar-refractivity contribution is 0.234. The molecule has 3 rings (SSSR count). The SMILES string of the molecule is CS[C@@H]1CCC[C@@H]1NC(=O)N[C@@H](C)c1csc(C2CC2)n1. The Hall–Kier alpha value is -0.750. The molecule has 1 heterocycles. The summed E-state index contributed by atoms with van der Waals surface area (Å²) in [4.78, 5) is 16.8. The highest BCUT2D eigenvalue weighted by Gasteiger charge is 2.29. The number of nitrogens with one attached hydrogen (secondary N) is 2. The fourth-order valence-corrected chi connectivity index (χ4v) is 4.89. The number of nitrogens with zero attached hydrogens (tertiary/aromatic N) is 1. The first-order valence-electron chi connectivity index (χ1n) is 7.72. The lowest BCUT2D eigenvalue weighted by atomic mass is 10.2. The van der Waals surface area contributed by atoms with E-state index in [1.54, 1.807) is 11.3 Å². The quantitative estimate of drug-likeness (QED) is 0.868. The van der Waals surface area contributed by atoms with Gasteiger partial charge < -0.3 is 10.6 Å². The molecule has 0 unspecified atom stereocenters. The van der Waals surface area contributed by atoms with Crippen LogP contribution in [0, 0.1) is 0 Å². The standard InChI is InChI=1S/C15H23N3OS2/c1-9(12-8-21-14(17-12)10-6-7-10)16-15(19)18-11-4-3-5-13(11)20-2/h8-11,13H,3-7H2,1-2H3,(H2,16,18,19)/t9-,11-,13+/m0/s1. The molecule has 2 N–H and O–H groups in total. The Bertz CT molecular complexity index is 501. The lowest BCUT2D eigenvalue weighted by Gasteiger charge is -2.21. The van der Waals surface area contributed by atoms with Crippen LogP contribution in [0.2, 0.25) is 0 Å². The molecule has 116 valence electrons. The summed E-state index contributed by atoms with van der Waals surface area (Å²) < 4.78 is 0. The Labute approximate surface area is 134 Å². The van der Waals surface area contributed by atoms with Crippen molar-refractivity contribution in [3.63, 3.8) is 0 Å². The molecule has 1 aromatic rings. The van der Waals surface area contributed by atoms with E-state index in [2.05, 4.69) is 27.3 Å². The minimum atomic E-state index is -0.0607. The predicted octanol–water partition coefficient (Wildman–Crippen LogP) is 3.66. The number of thioether (sulfide) groups is 1. The Balaban J connectivity index is 1.51. The summed E-state index contributed by atoms with van der Waals surface area (Å²) >= 11 is 3.58. The van der Waals surface area contributed by atoms with Gasteiger partial charge in [0, 0.05) is 22.6 Å². The molecule has 6 heteroatoms. The summed E-state index contributed by atoms with van der Waals surface area (Å²) in [5, 5.41) is 10.0. The predicted molar refractivity (Wildman–Crippen MR) is 89.1 cm³/mol. The number of thiazole rings is 1. The molecule has 3 atom stereocenters. The van der Waals surface area contributed by atoms with Crippen LogP contribution < -0.4 is 10.6 Å². The van der Waals surface area contributed by atoms with Crippen molar-refractivity contribution < 1.29 is 4.79 Å². The molecule has 2 saturated carbocycles. The van der Waals surface area contributed by atoms with Crippen molar-refractivity contribution in [3.05, 3.63) is 16.1 Å². The van der Waals surface area contributed by atoms with Gasteiger partial charge in [0.25, 0.3) is 0 Å². The number of carbonyl (C=O) groups is 1. The van der Waals surface area contributed by atoms with E-state index in [-0.39, 0.29) is 12.1 Å². The zero-order chi connectivity index (χ0) is 14.8. The Morgan fingerprint density at radius 1 is 1.43 bits per heavy atom. The summed E-state index contributed by atoms with van der Waals surface area (Å²) in [5.41, 5.74) is 0.991. The fraction of sp³-hybridized carbons (Fsp3) is 0.733. The van der Waals surface area contributed by atoms with Crippen molar-refractivity contribution in [2.45, 2.75) is 62.3 Å². The van der Waals surface area contributed by atoms with Gasteiger partial charge in [0.2, 0.25) is 0 Å². The topological polar surface area (TPSA) is 54.0 Å². The maximum Gasteiger partial charge on any atom is 0.315 e. The second-order valence-electron chi connectivity index (χ2n) is 6.04. The average Bonchev–Trinajstić information content (AvgIpc) is 3.02. The molecule has 2 amide bonds. The van der Waals surface area contributed by atoms with Crippen molar-refractivity contribution in [1.29, 1.82) is 0 Å². The Kier molecular flexibility index (Phi) is 4.74.